The quantitative estimate of drug-likeness (QED) is 0.313. The summed E-state index contributed by atoms with van der Waals surface area (Å²) in [4.78, 5) is 29.3. The number of hydrogen-bond donors (Lipinski definition) is 1. The van der Waals surface area contributed by atoms with E-state index in [0.717, 1.165) is 30.8 Å². The molecule has 0 saturated heterocycles. The van der Waals surface area contributed by atoms with Crippen LogP contribution >= 0.6 is 22.6 Å². The molecule has 0 radical (unpaired) electrons. The third-order valence-electron chi connectivity index (χ3n) is 6.04. The van der Waals surface area contributed by atoms with Gasteiger partial charge in [-0.2, -0.15) is 0 Å². The summed E-state index contributed by atoms with van der Waals surface area (Å²) in [7, 11) is -3.79. The van der Waals surface area contributed by atoms with Crippen LogP contribution in [0.4, 0.5) is 5.69 Å². The van der Waals surface area contributed by atoms with Crippen molar-refractivity contribution in [2.75, 3.05) is 17.1 Å². The highest BCUT2D eigenvalue weighted by atomic mass is 127. The molecule has 208 valence electrons. The molecule has 3 aromatic carbocycles. The van der Waals surface area contributed by atoms with Crippen molar-refractivity contribution in [3.8, 4) is 0 Å². The fraction of sp³-hybridized carbons (Fsp3) is 0.333. The number of benzene rings is 3. The van der Waals surface area contributed by atoms with Gasteiger partial charge in [-0.3, -0.25) is 13.9 Å². The van der Waals surface area contributed by atoms with Crippen LogP contribution in [0.15, 0.2) is 78.9 Å². The number of amides is 2. The summed E-state index contributed by atoms with van der Waals surface area (Å²) >= 11 is 2.14. The minimum atomic E-state index is -3.79. The molecule has 0 spiro atoms. The van der Waals surface area contributed by atoms with Gasteiger partial charge in [0, 0.05) is 22.1 Å². The van der Waals surface area contributed by atoms with Crippen LogP contribution < -0.4 is 9.62 Å². The number of nitrogens with zero attached hydrogens (tertiary/aromatic N) is 2. The van der Waals surface area contributed by atoms with Gasteiger partial charge in [0.2, 0.25) is 21.8 Å². The monoisotopic (exact) mass is 661 g/mol. The third-order valence-corrected chi connectivity index (χ3v) is 7.90. The Labute approximate surface area is 245 Å². The predicted molar refractivity (Wildman–Crippen MR) is 165 cm³/mol. The van der Waals surface area contributed by atoms with Crippen molar-refractivity contribution in [1.29, 1.82) is 0 Å². The molecular formula is C30H36IN3O4S. The molecular weight excluding hydrogens is 625 g/mol. The zero-order valence-electron chi connectivity index (χ0n) is 23.0. The number of carbonyl (C=O) groups excluding carboxylic acids is 2. The van der Waals surface area contributed by atoms with Crippen molar-refractivity contribution in [2.45, 2.75) is 52.2 Å². The SMILES string of the molecule is Cc1ccc(CN(C(=O)CN(c2ccc(I)cc2)S(C)(=O)=O)C(Cc2ccccc2)C(=O)NC(C)(C)C)cc1. The van der Waals surface area contributed by atoms with Gasteiger partial charge >= 0.3 is 0 Å². The van der Waals surface area contributed by atoms with Gasteiger partial charge in [-0.05, 0) is 85.7 Å². The largest absolute Gasteiger partial charge is 0.350 e. The molecule has 0 heterocycles. The van der Waals surface area contributed by atoms with Crippen LogP contribution in [0.5, 0.6) is 0 Å². The topological polar surface area (TPSA) is 86.8 Å². The Morgan fingerprint density at radius 3 is 2.03 bits per heavy atom. The molecule has 0 saturated carbocycles. The smallest absolute Gasteiger partial charge is 0.244 e. The zero-order valence-corrected chi connectivity index (χ0v) is 26.0. The Bertz CT molecular complexity index is 1370. The van der Waals surface area contributed by atoms with Gasteiger partial charge in [-0.1, -0.05) is 60.2 Å². The third kappa shape index (κ3) is 9.35. The number of anilines is 1. The Balaban J connectivity index is 2.06. The maximum Gasteiger partial charge on any atom is 0.244 e. The molecule has 3 aromatic rings. The number of carbonyl (C=O) groups is 2. The van der Waals surface area contributed by atoms with E-state index < -0.39 is 34.1 Å². The molecule has 0 aliphatic rings. The second kappa shape index (κ2) is 13.0. The highest BCUT2D eigenvalue weighted by Crippen LogP contribution is 2.22. The lowest BCUT2D eigenvalue weighted by atomic mass is 10.0. The number of aryl methyl sites for hydroxylation is 1. The first-order chi connectivity index (χ1) is 18.2. The molecule has 1 N–H and O–H groups in total. The number of halogens is 1. The van der Waals surface area contributed by atoms with Crippen LogP contribution in [0.3, 0.4) is 0 Å². The second-order valence-corrected chi connectivity index (χ2v) is 13.9. The number of hydrogen-bond acceptors (Lipinski definition) is 4. The van der Waals surface area contributed by atoms with Crippen molar-refractivity contribution in [3.63, 3.8) is 0 Å². The van der Waals surface area contributed by atoms with Crippen LogP contribution in [-0.4, -0.2) is 49.5 Å². The van der Waals surface area contributed by atoms with Gasteiger partial charge in [0.1, 0.15) is 12.6 Å². The van der Waals surface area contributed by atoms with E-state index in [2.05, 4.69) is 27.9 Å². The lowest BCUT2D eigenvalue weighted by Crippen LogP contribution is -2.56. The summed E-state index contributed by atoms with van der Waals surface area (Å²) in [5, 5.41) is 3.03. The lowest BCUT2D eigenvalue weighted by Gasteiger charge is -2.35. The first-order valence-corrected chi connectivity index (χ1v) is 15.6. The summed E-state index contributed by atoms with van der Waals surface area (Å²) in [6, 6.07) is 23.3. The summed E-state index contributed by atoms with van der Waals surface area (Å²) in [5.41, 5.74) is 2.68. The molecule has 0 aromatic heterocycles. The molecule has 3 rings (SSSR count). The first-order valence-electron chi connectivity index (χ1n) is 12.7. The fourth-order valence-corrected chi connectivity index (χ4v) is 5.33. The molecule has 1 atom stereocenters. The Kier molecular flexibility index (Phi) is 10.2. The van der Waals surface area contributed by atoms with Gasteiger partial charge in [-0.15, -0.1) is 0 Å². The minimum Gasteiger partial charge on any atom is -0.350 e. The molecule has 9 heteroatoms. The summed E-state index contributed by atoms with van der Waals surface area (Å²) in [5.74, 6) is -0.767. The van der Waals surface area contributed by atoms with Crippen molar-refractivity contribution in [2.24, 2.45) is 0 Å². The summed E-state index contributed by atoms with van der Waals surface area (Å²) < 4.78 is 27.7. The number of sulfonamides is 1. The average Bonchev–Trinajstić information content (AvgIpc) is 2.85. The summed E-state index contributed by atoms with van der Waals surface area (Å²) in [6.07, 6.45) is 1.36. The van der Waals surface area contributed by atoms with E-state index >= 15 is 0 Å². The molecule has 0 bridgehead atoms. The first kappa shape index (κ1) is 30.6. The van der Waals surface area contributed by atoms with E-state index in [4.69, 9.17) is 0 Å². The van der Waals surface area contributed by atoms with E-state index in [-0.39, 0.29) is 18.9 Å². The molecule has 39 heavy (non-hydrogen) atoms. The van der Waals surface area contributed by atoms with Crippen LogP contribution in [0.2, 0.25) is 0 Å². The van der Waals surface area contributed by atoms with E-state index in [1.165, 1.54) is 4.90 Å². The number of rotatable bonds is 10. The molecule has 0 aliphatic heterocycles. The van der Waals surface area contributed by atoms with Crippen LogP contribution in [0.25, 0.3) is 0 Å². The lowest BCUT2D eigenvalue weighted by molar-refractivity contribution is -0.140. The van der Waals surface area contributed by atoms with Crippen molar-refractivity contribution in [1.82, 2.24) is 10.2 Å². The molecule has 0 fully saturated rings. The standard InChI is InChI=1S/C30H36IN3O4S/c1-22-11-13-24(14-12-22)20-33(27(29(36)32-30(2,3)4)19-23-9-7-6-8-10-23)28(35)21-34(39(5,37)38)26-17-15-25(31)16-18-26/h6-18,27H,19-21H2,1-5H3,(H,32,36). The van der Waals surface area contributed by atoms with Crippen molar-refractivity contribution < 1.29 is 18.0 Å². The predicted octanol–water partition coefficient (Wildman–Crippen LogP) is 4.92. The molecule has 2 amide bonds. The van der Waals surface area contributed by atoms with Gasteiger partial charge in [0.15, 0.2) is 0 Å². The zero-order chi connectivity index (χ0) is 28.8. The van der Waals surface area contributed by atoms with Gasteiger partial charge in [-0.25, -0.2) is 8.42 Å². The van der Waals surface area contributed by atoms with Crippen LogP contribution in [0.1, 0.15) is 37.5 Å². The molecule has 0 aliphatic carbocycles. The normalized spacial score (nSPS) is 12.5. The molecule has 1 unspecified atom stereocenters. The van der Waals surface area contributed by atoms with E-state index in [0.29, 0.717) is 5.69 Å². The average molecular weight is 662 g/mol. The van der Waals surface area contributed by atoms with E-state index in [1.54, 1.807) is 24.3 Å². The minimum absolute atomic E-state index is 0.151. The number of nitrogens with one attached hydrogen (secondary N) is 1. The van der Waals surface area contributed by atoms with Gasteiger partial charge in [0.05, 0.1) is 11.9 Å². The van der Waals surface area contributed by atoms with Crippen molar-refractivity contribution >= 4 is 50.1 Å². The van der Waals surface area contributed by atoms with Crippen LogP contribution in [0, 0.1) is 10.5 Å². The Hall–Kier alpha value is -2.92. The highest BCUT2D eigenvalue weighted by Gasteiger charge is 2.34. The Morgan fingerprint density at radius 2 is 1.49 bits per heavy atom. The van der Waals surface area contributed by atoms with Gasteiger partial charge < -0.3 is 10.2 Å². The highest BCUT2D eigenvalue weighted by molar-refractivity contribution is 14.1. The maximum absolute atomic E-state index is 14.1. The van der Waals surface area contributed by atoms with E-state index in [9.17, 15) is 18.0 Å². The van der Waals surface area contributed by atoms with Crippen LogP contribution in [-0.2, 0) is 32.6 Å². The Morgan fingerprint density at radius 1 is 0.897 bits per heavy atom. The van der Waals surface area contributed by atoms with Crippen molar-refractivity contribution in [3.05, 3.63) is 99.1 Å². The summed E-state index contributed by atoms with van der Waals surface area (Å²) in [6.45, 7) is 7.36. The second-order valence-electron chi connectivity index (χ2n) is 10.7. The maximum atomic E-state index is 14.1. The van der Waals surface area contributed by atoms with Gasteiger partial charge in [0.25, 0.3) is 0 Å². The fourth-order valence-electron chi connectivity index (χ4n) is 4.12. The van der Waals surface area contributed by atoms with E-state index in [1.807, 2.05) is 82.3 Å². The molecule has 7 nitrogen and oxygen atoms in total.